The molecule has 1 heterocycles. The van der Waals surface area contributed by atoms with E-state index in [1.54, 1.807) is 11.3 Å². The van der Waals surface area contributed by atoms with Gasteiger partial charge in [0.15, 0.2) is 0 Å². The smallest absolute Gasteiger partial charge is 0.265 e. The van der Waals surface area contributed by atoms with Crippen LogP contribution in [0.25, 0.3) is 0 Å². The Bertz CT molecular complexity index is 692. The first-order chi connectivity index (χ1) is 10.0. The van der Waals surface area contributed by atoms with Crippen molar-refractivity contribution in [1.82, 2.24) is 0 Å². The van der Waals surface area contributed by atoms with Gasteiger partial charge in [-0.05, 0) is 67.5 Å². The maximum absolute atomic E-state index is 12.4. The Kier molecular flexibility index (Phi) is 4.18. The topological polar surface area (TPSA) is 29.1 Å². The standard InChI is InChI=1S/C17H18BrNOS/c1-10-3-6-15-12(7-10)9-16(21-15)17(20)19-13-4-5-14(18)11(2)8-13/h4-5,8-10H,3,6-7H2,1-2H3,(H,19,20)/t10-/m0/s1. The minimum atomic E-state index is 0.00350. The number of hydrogen-bond acceptors (Lipinski definition) is 2. The van der Waals surface area contributed by atoms with Crippen LogP contribution in [0, 0.1) is 12.8 Å². The Morgan fingerprint density at radius 3 is 2.95 bits per heavy atom. The Balaban J connectivity index is 1.78. The van der Waals surface area contributed by atoms with Crippen molar-refractivity contribution in [1.29, 1.82) is 0 Å². The van der Waals surface area contributed by atoms with Gasteiger partial charge in [-0.3, -0.25) is 4.79 Å². The Labute approximate surface area is 137 Å². The Morgan fingerprint density at radius 2 is 2.19 bits per heavy atom. The third kappa shape index (κ3) is 3.22. The first kappa shape index (κ1) is 14.8. The van der Waals surface area contributed by atoms with Crippen LogP contribution in [0.5, 0.6) is 0 Å². The average molecular weight is 364 g/mol. The summed E-state index contributed by atoms with van der Waals surface area (Å²) in [5.41, 5.74) is 3.34. The molecular weight excluding hydrogens is 346 g/mol. The minimum absolute atomic E-state index is 0.00350. The number of halogens is 1. The Morgan fingerprint density at radius 1 is 1.38 bits per heavy atom. The summed E-state index contributed by atoms with van der Waals surface area (Å²) in [6.07, 6.45) is 3.46. The monoisotopic (exact) mass is 363 g/mol. The first-order valence-corrected chi connectivity index (χ1v) is 8.83. The Hall–Kier alpha value is -1.13. The SMILES string of the molecule is Cc1cc(NC(=O)c2cc3c(s2)CC[C@H](C)C3)ccc1Br. The third-order valence-corrected chi connectivity index (χ3v) is 6.09. The number of amides is 1. The number of thiophene rings is 1. The molecule has 1 aromatic carbocycles. The molecule has 0 fully saturated rings. The van der Waals surface area contributed by atoms with Gasteiger partial charge in [0.05, 0.1) is 4.88 Å². The molecule has 21 heavy (non-hydrogen) atoms. The van der Waals surface area contributed by atoms with E-state index in [2.05, 4.69) is 34.2 Å². The molecule has 2 aromatic rings. The highest BCUT2D eigenvalue weighted by Crippen LogP contribution is 2.32. The summed E-state index contributed by atoms with van der Waals surface area (Å²) in [5.74, 6) is 0.737. The maximum atomic E-state index is 12.4. The van der Waals surface area contributed by atoms with Crippen LogP contribution in [-0.4, -0.2) is 5.91 Å². The molecule has 3 rings (SSSR count). The van der Waals surface area contributed by atoms with E-state index >= 15 is 0 Å². The summed E-state index contributed by atoms with van der Waals surface area (Å²) >= 11 is 5.12. The average Bonchev–Trinajstić information content (AvgIpc) is 2.86. The highest BCUT2D eigenvalue weighted by Gasteiger charge is 2.20. The van der Waals surface area contributed by atoms with E-state index in [1.807, 2.05) is 25.1 Å². The van der Waals surface area contributed by atoms with Crippen LogP contribution in [-0.2, 0) is 12.8 Å². The van der Waals surface area contributed by atoms with E-state index in [-0.39, 0.29) is 5.91 Å². The van der Waals surface area contributed by atoms with Crippen LogP contribution in [0.1, 0.15) is 39.0 Å². The second-order valence-electron chi connectivity index (χ2n) is 5.83. The molecule has 2 nitrogen and oxygen atoms in total. The summed E-state index contributed by atoms with van der Waals surface area (Å²) in [7, 11) is 0. The molecule has 1 aromatic heterocycles. The van der Waals surface area contributed by atoms with Gasteiger partial charge >= 0.3 is 0 Å². The molecule has 1 aliphatic carbocycles. The molecule has 0 saturated heterocycles. The molecule has 4 heteroatoms. The van der Waals surface area contributed by atoms with Gasteiger partial charge in [0, 0.05) is 15.0 Å². The number of carbonyl (C=O) groups is 1. The zero-order valence-electron chi connectivity index (χ0n) is 12.2. The highest BCUT2D eigenvalue weighted by atomic mass is 79.9. The lowest BCUT2D eigenvalue weighted by Gasteiger charge is -2.16. The van der Waals surface area contributed by atoms with E-state index in [0.717, 1.165) is 39.4 Å². The lowest BCUT2D eigenvalue weighted by molar-refractivity contribution is 0.103. The van der Waals surface area contributed by atoms with E-state index in [0.29, 0.717) is 0 Å². The second kappa shape index (κ2) is 5.93. The number of rotatable bonds is 2. The fraction of sp³-hybridized carbons (Fsp3) is 0.353. The molecule has 0 aliphatic heterocycles. The predicted molar refractivity (Wildman–Crippen MR) is 92.3 cm³/mol. The van der Waals surface area contributed by atoms with Crippen LogP contribution in [0.2, 0.25) is 0 Å². The minimum Gasteiger partial charge on any atom is -0.321 e. The summed E-state index contributed by atoms with van der Waals surface area (Å²) in [6.45, 7) is 4.30. The molecule has 1 aliphatic rings. The van der Waals surface area contributed by atoms with E-state index in [4.69, 9.17) is 0 Å². The highest BCUT2D eigenvalue weighted by molar-refractivity contribution is 9.10. The molecule has 0 saturated carbocycles. The largest absolute Gasteiger partial charge is 0.321 e. The van der Waals surface area contributed by atoms with Gasteiger partial charge in [-0.25, -0.2) is 0 Å². The number of aryl methyl sites for hydroxylation is 2. The van der Waals surface area contributed by atoms with Crippen LogP contribution >= 0.6 is 27.3 Å². The summed E-state index contributed by atoms with van der Waals surface area (Å²) < 4.78 is 1.06. The first-order valence-electron chi connectivity index (χ1n) is 7.22. The van der Waals surface area contributed by atoms with Crippen molar-refractivity contribution in [2.24, 2.45) is 5.92 Å². The molecule has 0 bridgehead atoms. The van der Waals surface area contributed by atoms with E-state index < -0.39 is 0 Å². The number of nitrogens with one attached hydrogen (secondary N) is 1. The summed E-state index contributed by atoms with van der Waals surface area (Å²) in [4.78, 5) is 14.6. The lowest BCUT2D eigenvalue weighted by Crippen LogP contribution is -2.10. The normalized spacial score (nSPS) is 17.4. The predicted octanol–water partition coefficient (Wildman–Crippen LogP) is 5.20. The molecule has 1 N–H and O–H groups in total. The maximum Gasteiger partial charge on any atom is 0.265 e. The summed E-state index contributed by atoms with van der Waals surface area (Å²) in [6, 6.07) is 7.95. The number of hydrogen-bond donors (Lipinski definition) is 1. The summed E-state index contributed by atoms with van der Waals surface area (Å²) in [5, 5.41) is 3.00. The molecule has 0 radical (unpaired) electrons. The van der Waals surface area contributed by atoms with Crippen molar-refractivity contribution < 1.29 is 4.79 Å². The number of carbonyl (C=O) groups excluding carboxylic acids is 1. The molecule has 1 amide bonds. The van der Waals surface area contributed by atoms with Crippen molar-refractivity contribution in [3.05, 3.63) is 49.6 Å². The fourth-order valence-electron chi connectivity index (χ4n) is 2.73. The molecule has 110 valence electrons. The zero-order chi connectivity index (χ0) is 15.0. The van der Waals surface area contributed by atoms with E-state index in [9.17, 15) is 4.79 Å². The molecule has 0 spiro atoms. The zero-order valence-corrected chi connectivity index (χ0v) is 14.6. The van der Waals surface area contributed by atoms with Crippen LogP contribution in [0.3, 0.4) is 0 Å². The van der Waals surface area contributed by atoms with Gasteiger partial charge in [0.1, 0.15) is 0 Å². The quantitative estimate of drug-likeness (QED) is 0.780. The van der Waals surface area contributed by atoms with Gasteiger partial charge in [0.2, 0.25) is 0 Å². The van der Waals surface area contributed by atoms with Crippen LogP contribution < -0.4 is 5.32 Å². The van der Waals surface area contributed by atoms with Crippen molar-refractivity contribution in [3.8, 4) is 0 Å². The van der Waals surface area contributed by atoms with Crippen molar-refractivity contribution in [3.63, 3.8) is 0 Å². The molecule has 0 unspecified atom stereocenters. The van der Waals surface area contributed by atoms with Gasteiger partial charge in [-0.2, -0.15) is 0 Å². The number of anilines is 1. The second-order valence-corrected chi connectivity index (χ2v) is 7.82. The van der Waals surface area contributed by atoms with Crippen molar-refractivity contribution in [2.45, 2.75) is 33.1 Å². The van der Waals surface area contributed by atoms with Crippen LogP contribution in [0.4, 0.5) is 5.69 Å². The van der Waals surface area contributed by atoms with Crippen molar-refractivity contribution >= 4 is 38.9 Å². The van der Waals surface area contributed by atoms with Gasteiger partial charge < -0.3 is 5.32 Å². The number of fused-ring (bicyclic) bond motifs is 1. The molecule has 1 atom stereocenters. The van der Waals surface area contributed by atoms with Gasteiger partial charge in [-0.15, -0.1) is 11.3 Å². The van der Waals surface area contributed by atoms with Crippen molar-refractivity contribution in [2.75, 3.05) is 5.32 Å². The molecular formula is C17H18BrNOS. The third-order valence-electron chi connectivity index (χ3n) is 3.97. The number of benzene rings is 1. The fourth-order valence-corrected chi connectivity index (χ4v) is 4.08. The van der Waals surface area contributed by atoms with E-state index in [1.165, 1.54) is 16.9 Å². The van der Waals surface area contributed by atoms with Gasteiger partial charge in [0.25, 0.3) is 5.91 Å². The lowest BCUT2D eigenvalue weighted by atomic mass is 9.90. The van der Waals surface area contributed by atoms with Gasteiger partial charge in [-0.1, -0.05) is 22.9 Å². The van der Waals surface area contributed by atoms with Crippen LogP contribution in [0.15, 0.2) is 28.7 Å².